The third-order valence-electron chi connectivity index (χ3n) is 4.17. The Labute approximate surface area is 141 Å². The van der Waals surface area contributed by atoms with Crippen LogP contribution in [-0.4, -0.2) is 17.4 Å². The molecule has 1 aromatic carbocycles. The second-order valence-electron chi connectivity index (χ2n) is 6.00. The zero-order valence-electron chi connectivity index (χ0n) is 14.1. The van der Waals surface area contributed by atoms with Crippen molar-refractivity contribution in [2.45, 2.75) is 33.1 Å². The lowest BCUT2D eigenvalue weighted by molar-refractivity contribution is 0.0928. The minimum atomic E-state index is -0.162. The molecule has 0 saturated carbocycles. The van der Waals surface area contributed by atoms with Crippen LogP contribution in [0.15, 0.2) is 47.1 Å². The summed E-state index contributed by atoms with van der Waals surface area (Å²) in [6.45, 7) is 4.66. The Bertz CT molecular complexity index is 837. The number of carbonyl (C=O) groups excluding carboxylic acids is 1. The van der Waals surface area contributed by atoms with E-state index in [1.807, 2.05) is 31.3 Å². The first kappa shape index (κ1) is 16.2. The summed E-state index contributed by atoms with van der Waals surface area (Å²) < 4.78 is 5.77. The normalized spacial score (nSPS) is 10.9. The van der Waals surface area contributed by atoms with Crippen molar-refractivity contribution in [2.24, 2.45) is 0 Å². The van der Waals surface area contributed by atoms with Crippen LogP contribution in [0.1, 0.15) is 40.6 Å². The maximum absolute atomic E-state index is 12.4. The molecule has 0 aliphatic heterocycles. The van der Waals surface area contributed by atoms with Crippen LogP contribution in [0.5, 0.6) is 0 Å². The lowest BCUT2D eigenvalue weighted by Crippen LogP contribution is -2.25. The van der Waals surface area contributed by atoms with Gasteiger partial charge in [-0.3, -0.25) is 9.78 Å². The highest BCUT2D eigenvalue weighted by atomic mass is 16.3. The molecular formula is C20H22N2O2. The van der Waals surface area contributed by atoms with E-state index in [0.717, 1.165) is 41.4 Å². The molecule has 124 valence electrons. The van der Waals surface area contributed by atoms with Gasteiger partial charge in [-0.25, -0.2) is 0 Å². The van der Waals surface area contributed by atoms with Crippen LogP contribution in [0, 0.1) is 6.92 Å². The number of nitrogens with one attached hydrogen (secondary N) is 1. The molecule has 4 nitrogen and oxygen atoms in total. The largest absolute Gasteiger partial charge is 0.451 e. The summed E-state index contributed by atoms with van der Waals surface area (Å²) in [5, 5.41) is 3.95. The van der Waals surface area contributed by atoms with Gasteiger partial charge in [0.2, 0.25) is 0 Å². The molecule has 0 aliphatic rings. The van der Waals surface area contributed by atoms with Gasteiger partial charge in [0, 0.05) is 29.9 Å². The number of amides is 1. The smallest absolute Gasteiger partial charge is 0.287 e. The fraction of sp³-hybridized carbons (Fsp3) is 0.300. The van der Waals surface area contributed by atoms with Gasteiger partial charge in [-0.2, -0.15) is 0 Å². The highest BCUT2D eigenvalue weighted by molar-refractivity contribution is 5.99. The van der Waals surface area contributed by atoms with Gasteiger partial charge in [0.1, 0.15) is 5.58 Å². The van der Waals surface area contributed by atoms with E-state index in [1.54, 1.807) is 6.20 Å². The van der Waals surface area contributed by atoms with Gasteiger partial charge in [0.25, 0.3) is 5.91 Å². The average molecular weight is 322 g/mol. The summed E-state index contributed by atoms with van der Waals surface area (Å²) in [6.07, 6.45) is 6.44. The van der Waals surface area contributed by atoms with Crippen LogP contribution in [0.2, 0.25) is 0 Å². The molecule has 0 saturated heterocycles. The van der Waals surface area contributed by atoms with Gasteiger partial charge in [0.05, 0.1) is 0 Å². The Balaban J connectivity index is 1.71. The van der Waals surface area contributed by atoms with Crippen LogP contribution in [0.25, 0.3) is 11.0 Å². The van der Waals surface area contributed by atoms with Crippen molar-refractivity contribution in [1.29, 1.82) is 0 Å². The third-order valence-corrected chi connectivity index (χ3v) is 4.17. The first-order valence-electron chi connectivity index (χ1n) is 8.38. The van der Waals surface area contributed by atoms with Gasteiger partial charge in [-0.15, -0.1) is 0 Å². The lowest BCUT2D eigenvalue weighted by Gasteiger charge is -2.03. The minimum absolute atomic E-state index is 0.162. The summed E-state index contributed by atoms with van der Waals surface area (Å²) in [6, 6.07) is 10.1. The molecule has 0 unspecified atom stereocenters. The lowest BCUT2D eigenvalue weighted by atomic mass is 10.1. The van der Waals surface area contributed by atoms with Crippen molar-refractivity contribution >= 4 is 16.9 Å². The van der Waals surface area contributed by atoms with Crippen LogP contribution in [0.4, 0.5) is 0 Å². The van der Waals surface area contributed by atoms with E-state index >= 15 is 0 Å². The SMILES string of the molecule is CCCc1ccc2oc(C(=O)NCCc3cccnc3)c(C)c2c1. The summed E-state index contributed by atoms with van der Waals surface area (Å²) >= 11 is 0. The summed E-state index contributed by atoms with van der Waals surface area (Å²) in [5.41, 5.74) is 4.05. The number of hydrogen-bond acceptors (Lipinski definition) is 3. The molecule has 0 bridgehead atoms. The molecule has 3 rings (SSSR count). The Kier molecular flexibility index (Phi) is 4.94. The van der Waals surface area contributed by atoms with Crippen molar-refractivity contribution < 1.29 is 9.21 Å². The van der Waals surface area contributed by atoms with E-state index in [0.29, 0.717) is 12.3 Å². The number of carbonyl (C=O) groups is 1. The van der Waals surface area contributed by atoms with Gasteiger partial charge < -0.3 is 9.73 Å². The number of aromatic nitrogens is 1. The highest BCUT2D eigenvalue weighted by Gasteiger charge is 2.17. The number of pyridine rings is 1. The summed E-state index contributed by atoms with van der Waals surface area (Å²) in [5.74, 6) is 0.245. The van der Waals surface area contributed by atoms with Crippen molar-refractivity contribution in [2.75, 3.05) is 6.54 Å². The van der Waals surface area contributed by atoms with Gasteiger partial charge in [0.15, 0.2) is 5.76 Å². The average Bonchev–Trinajstić information content (AvgIpc) is 2.93. The first-order chi connectivity index (χ1) is 11.7. The molecule has 0 radical (unpaired) electrons. The number of benzene rings is 1. The van der Waals surface area contributed by atoms with Crippen LogP contribution in [0.3, 0.4) is 0 Å². The fourth-order valence-corrected chi connectivity index (χ4v) is 2.88. The van der Waals surface area contributed by atoms with E-state index < -0.39 is 0 Å². The molecular weight excluding hydrogens is 300 g/mol. The van der Waals surface area contributed by atoms with E-state index in [1.165, 1.54) is 5.56 Å². The van der Waals surface area contributed by atoms with Crippen LogP contribution in [-0.2, 0) is 12.8 Å². The predicted octanol–water partition coefficient (Wildman–Crippen LogP) is 4.06. The molecule has 24 heavy (non-hydrogen) atoms. The fourth-order valence-electron chi connectivity index (χ4n) is 2.88. The zero-order valence-corrected chi connectivity index (χ0v) is 14.1. The second-order valence-corrected chi connectivity index (χ2v) is 6.00. The van der Waals surface area contributed by atoms with Crippen LogP contribution >= 0.6 is 0 Å². The topological polar surface area (TPSA) is 55.1 Å². The molecule has 4 heteroatoms. The molecule has 0 atom stereocenters. The number of rotatable bonds is 6. The molecule has 2 aromatic heterocycles. The van der Waals surface area contributed by atoms with Crippen molar-refractivity contribution in [3.8, 4) is 0 Å². The van der Waals surface area contributed by atoms with Crippen molar-refractivity contribution in [3.05, 3.63) is 65.2 Å². The van der Waals surface area contributed by atoms with E-state index in [2.05, 4.69) is 29.4 Å². The number of furan rings is 1. The summed E-state index contributed by atoms with van der Waals surface area (Å²) in [4.78, 5) is 16.5. The maximum atomic E-state index is 12.4. The number of aryl methyl sites for hydroxylation is 2. The van der Waals surface area contributed by atoms with Crippen LogP contribution < -0.4 is 5.32 Å². The Morgan fingerprint density at radius 3 is 2.83 bits per heavy atom. The van der Waals surface area contributed by atoms with Crippen molar-refractivity contribution in [1.82, 2.24) is 10.3 Å². The quantitative estimate of drug-likeness (QED) is 0.744. The molecule has 1 amide bonds. The minimum Gasteiger partial charge on any atom is -0.451 e. The Morgan fingerprint density at radius 2 is 2.08 bits per heavy atom. The van der Waals surface area contributed by atoms with Gasteiger partial charge >= 0.3 is 0 Å². The third kappa shape index (κ3) is 3.48. The molecule has 0 spiro atoms. The zero-order chi connectivity index (χ0) is 16.9. The first-order valence-corrected chi connectivity index (χ1v) is 8.38. The maximum Gasteiger partial charge on any atom is 0.287 e. The Morgan fingerprint density at radius 1 is 1.21 bits per heavy atom. The molecule has 3 aromatic rings. The van der Waals surface area contributed by atoms with Gasteiger partial charge in [-0.1, -0.05) is 25.5 Å². The predicted molar refractivity (Wildman–Crippen MR) is 95.2 cm³/mol. The second kappa shape index (κ2) is 7.30. The van der Waals surface area contributed by atoms with E-state index in [-0.39, 0.29) is 5.91 Å². The Hall–Kier alpha value is -2.62. The number of nitrogens with zero attached hydrogens (tertiary/aromatic N) is 1. The number of hydrogen-bond donors (Lipinski definition) is 1. The number of fused-ring (bicyclic) bond motifs is 1. The summed E-state index contributed by atoms with van der Waals surface area (Å²) in [7, 11) is 0. The standard InChI is InChI=1S/C20H22N2O2/c1-3-5-15-7-8-18-17(12-15)14(2)19(24-18)20(23)22-11-9-16-6-4-10-21-13-16/h4,6-8,10,12-13H,3,5,9,11H2,1-2H3,(H,22,23). The van der Waals surface area contributed by atoms with E-state index in [9.17, 15) is 4.79 Å². The molecule has 2 heterocycles. The van der Waals surface area contributed by atoms with Crippen molar-refractivity contribution in [3.63, 3.8) is 0 Å². The molecule has 1 N–H and O–H groups in total. The molecule has 0 aliphatic carbocycles. The van der Waals surface area contributed by atoms with Gasteiger partial charge in [-0.05, 0) is 49.1 Å². The van der Waals surface area contributed by atoms with E-state index in [4.69, 9.17) is 4.42 Å². The monoisotopic (exact) mass is 322 g/mol. The highest BCUT2D eigenvalue weighted by Crippen LogP contribution is 2.26. The molecule has 0 fully saturated rings.